The maximum Gasteiger partial charge on any atom is 0.347 e. The van der Waals surface area contributed by atoms with E-state index in [0.29, 0.717) is 5.17 Å². The molecule has 2 aromatic carbocycles. The van der Waals surface area contributed by atoms with Crippen molar-refractivity contribution in [1.29, 1.82) is 0 Å². The molecule has 11 heteroatoms. The molecule has 1 heterocycles. The smallest absolute Gasteiger partial charge is 0.304 e. The molecule has 8 nitrogen and oxygen atoms in total. The fourth-order valence-electron chi connectivity index (χ4n) is 2.16. The molecule has 0 bridgehead atoms. The molecule has 2 aromatic rings. The van der Waals surface area contributed by atoms with Crippen LogP contribution in [0.15, 0.2) is 30.3 Å². The van der Waals surface area contributed by atoms with Gasteiger partial charge in [0.25, 0.3) is 5.69 Å². The molecule has 1 aliphatic heterocycles. The summed E-state index contributed by atoms with van der Waals surface area (Å²) in [5, 5.41) is 25.4. The first-order chi connectivity index (χ1) is 11.3. The molecule has 2 N–H and O–H groups in total. The molecule has 3 rings (SSSR count). The SMILES string of the molecule is O=C1Nc2cc(Cl)c(Cl)cc2N(O)N1c1ccc(Cl)c([N+](=O)[O-])c1. The maximum atomic E-state index is 12.3. The number of amides is 2. The van der Waals surface area contributed by atoms with E-state index >= 15 is 0 Å². The molecule has 2 amide bonds. The monoisotopic (exact) mass is 388 g/mol. The lowest BCUT2D eigenvalue weighted by atomic mass is 10.2. The van der Waals surface area contributed by atoms with Crippen LogP contribution in [0.2, 0.25) is 15.1 Å². The Bertz CT molecular complexity index is 877. The lowest BCUT2D eigenvalue weighted by Gasteiger charge is -2.36. The highest BCUT2D eigenvalue weighted by Crippen LogP contribution is 2.39. The number of rotatable bonds is 2. The van der Waals surface area contributed by atoms with E-state index in [0.717, 1.165) is 11.1 Å². The predicted octanol–water partition coefficient (Wildman–Crippen LogP) is 4.72. The first kappa shape index (κ1) is 16.6. The van der Waals surface area contributed by atoms with E-state index < -0.39 is 16.6 Å². The van der Waals surface area contributed by atoms with E-state index in [2.05, 4.69) is 5.32 Å². The third-order valence-corrected chi connectivity index (χ3v) is 4.29. The largest absolute Gasteiger partial charge is 0.347 e. The molecule has 1 aliphatic rings. The summed E-state index contributed by atoms with van der Waals surface area (Å²) in [4.78, 5) is 22.6. The van der Waals surface area contributed by atoms with Crippen LogP contribution in [0.4, 0.5) is 27.5 Å². The van der Waals surface area contributed by atoms with Gasteiger partial charge >= 0.3 is 6.03 Å². The lowest BCUT2D eigenvalue weighted by molar-refractivity contribution is -0.384. The molecule has 24 heavy (non-hydrogen) atoms. The minimum Gasteiger partial charge on any atom is -0.304 e. The van der Waals surface area contributed by atoms with Gasteiger partial charge in [0.2, 0.25) is 0 Å². The van der Waals surface area contributed by atoms with E-state index in [9.17, 15) is 20.1 Å². The van der Waals surface area contributed by atoms with E-state index in [1.807, 2.05) is 0 Å². The van der Waals surface area contributed by atoms with E-state index in [1.54, 1.807) is 0 Å². The lowest BCUT2D eigenvalue weighted by Crippen LogP contribution is -2.51. The van der Waals surface area contributed by atoms with Crippen LogP contribution >= 0.6 is 34.8 Å². The average molecular weight is 390 g/mol. The van der Waals surface area contributed by atoms with Crippen LogP contribution in [-0.2, 0) is 0 Å². The van der Waals surface area contributed by atoms with Gasteiger partial charge in [0, 0.05) is 6.07 Å². The number of fused-ring (bicyclic) bond motifs is 1. The second kappa shape index (κ2) is 5.99. The summed E-state index contributed by atoms with van der Waals surface area (Å²) in [6, 6.07) is 5.63. The maximum absolute atomic E-state index is 12.3. The molecule has 0 aliphatic carbocycles. The normalized spacial score (nSPS) is 13.6. The highest BCUT2D eigenvalue weighted by Gasteiger charge is 2.32. The molecule has 0 radical (unpaired) electrons. The summed E-state index contributed by atoms with van der Waals surface area (Å²) in [6.45, 7) is 0. The molecule has 0 saturated heterocycles. The number of halogens is 3. The highest BCUT2D eigenvalue weighted by atomic mass is 35.5. The summed E-state index contributed by atoms with van der Waals surface area (Å²) in [7, 11) is 0. The van der Waals surface area contributed by atoms with Gasteiger partial charge in [-0.2, -0.15) is 10.2 Å². The minimum atomic E-state index is -0.750. The van der Waals surface area contributed by atoms with Crippen molar-refractivity contribution in [3.8, 4) is 0 Å². The second-order valence-electron chi connectivity index (χ2n) is 4.71. The van der Waals surface area contributed by atoms with Gasteiger partial charge in [-0.3, -0.25) is 15.3 Å². The van der Waals surface area contributed by atoms with Crippen LogP contribution in [0, 0.1) is 10.1 Å². The fraction of sp³-hybridized carbons (Fsp3) is 0. The van der Waals surface area contributed by atoms with Crippen LogP contribution in [0.25, 0.3) is 0 Å². The summed E-state index contributed by atoms with van der Waals surface area (Å²) < 4.78 is 0. The Kier molecular flexibility index (Phi) is 4.14. The second-order valence-corrected chi connectivity index (χ2v) is 5.93. The van der Waals surface area contributed by atoms with Gasteiger partial charge in [-0.1, -0.05) is 34.8 Å². The summed E-state index contributed by atoms with van der Waals surface area (Å²) in [5.74, 6) is 0. The number of benzene rings is 2. The molecular formula is C13H7Cl3N4O4. The number of carbonyl (C=O) groups is 1. The number of hydrogen-bond donors (Lipinski definition) is 2. The third kappa shape index (κ3) is 2.69. The van der Waals surface area contributed by atoms with Crippen molar-refractivity contribution in [1.82, 2.24) is 0 Å². The zero-order chi connectivity index (χ0) is 17.6. The Morgan fingerprint density at radius 2 is 1.75 bits per heavy atom. The highest BCUT2D eigenvalue weighted by molar-refractivity contribution is 6.42. The number of nitro groups is 1. The third-order valence-electron chi connectivity index (χ3n) is 3.25. The number of nitrogens with one attached hydrogen (secondary N) is 1. The summed E-state index contributed by atoms with van der Waals surface area (Å²) in [6.07, 6.45) is 0. The van der Waals surface area contributed by atoms with Gasteiger partial charge in [-0.05, 0) is 24.3 Å². The van der Waals surface area contributed by atoms with E-state index in [1.165, 1.54) is 24.3 Å². The quantitative estimate of drug-likeness (QED) is 0.572. The van der Waals surface area contributed by atoms with Gasteiger partial charge in [-0.25, -0.2) is 4.79 Å². The number of nitro benzene ring substituents is 1. The number of carbonyl (C=O) groups excluding carboxylic acids is 1. The van der Waals surface area contributed by atoms with Gasteiger partial charge in [-0.15, -0.1) is 0 Å². The van der Waals surface area contributed by atoms with Crippen LogP contribution in [0.3, 0.4) is 0 Å². The molecule has 0 aromatic heterocycles. The van der Waals surface area contributed by atoms with Crippen molar-refractivity contribution in [2.75, 3.05) is 15.5 Å². The van der Waals surface area contributed by atoms with E-state index in [4.69, 9.17) is 34.8 Å². The Morgan fingerprint density at radius 1 is 1.08 bits per heavy atom. The van der Waals surface area contributed by atoms with Crippen LogP contribution < -0.4 is 15.5 Å². The zero-order valence-corrected chi connectivity index (χ0v) is 13.8. The first-order valence-electron chi connectivity index (χ1n) is 6.32. The van der Waals surface area contributed by atoms with Crippen molar-refractivity contribution in [2.24, 2.45) is 0 Å². The Balaban J connectivity index is 2.09. The van der Waals surface area contributed by atoms with Crippen molar-refractivity contribution in [3.05, 3.63) is 55.5 Å². The minimum absolute atomic E-state index is 0.0304. The molecule has 124 valence electrons. The molecule has 0 unspecified atom stereocenters. The zero-order valence-electron chi connectivity index (χ0n) is 11.5. The Labute approximate surface area is 149 Å². The topological polar surface area (TPSA) is 99.0 Å². The van der Waals surface area contributed by atoms with Crippen molar-refractivity contribution < 1.29 is 14.9 Å². The van der Waals surface area contributed by atoms with Gasteiger partial charge < -0.3 is 5.32 Å². The van der Waals surface area contributed by atoms with Crippen molar-refractivity contribution >= 4 is 63.6 Å². The van der Waals surface area contributed by atoms with Gasteiger partial charge in [0.1, 0.15) is 10.7 Å². The van der Waals surface area contributed by atoms with Crippen molar-refractivity contribution in [3.63, 3.8) is 0 Å². The number of nitrogens with zero attached hydrogens (tertiary/aromatic N) is 3. The number of urea groups is 1. The molecule has 0 saturated carbocycles. The number of hydrazine groups is 1. The molecule has 0 atom stereocenters. The van der Waals surface area contributed by atoms with Gasteiger partial charge in [0.05, 0.1) is 26.3 Å². The molecule has 0 fully saturated rings. The number of hydrogen-bond acceptors (Lipinski definition) is 5. The summed E-state index contributed by atoms with van der Waals surface area (Å²) >= 11 is 17.6. The molecular weight excluding hydrogens is 383 g/mol. The predicted molar refractivity (Wildman–Crippen MR) is 90.3 cm³/mol. The summed E-state index contributed by atoms with van der Waals surface area (Å²) in [5.41, 5.74) is -0.00339. The first-order valence-corrected chi connectivity index (χ1v) is 7.46. The van der Waals surface area contributed by atoms with Crippen molar-refractivity contribution in [2.45, 2.75) is 0 Å². The standard InChI is InChI=1S/C13H7Cl3N4O4/c14-7-2-1-6(3-11(7)20(23)24)18-13(21)17-10-4-8(15)9(16)5-12(10)19(18)22/h1-5,22H,(H,17,21). The average Bonchev–Trinajstić information content (AvgIpc) is 2.51. The van der Waals surface area contributed by atoms with Crippen LogP contribution in [-0.4, -0.2) is 16.2 Å². The Morgan fingerprint density at radius 3 is 2.42 bits per heavy atom. The fourth-order valence-corrected chi connectivity index (χ4v) is 2.67. The number of anilines is 3. The Hall–Kier alpha value is -2.26. The van der Waals surface area contributed by atoms with Crippen LogP contribution in [0.1, 0.15) is 0 Å². The van der Waals surface area contributed by atoms with Crippen LogP contribution in [0.5, 0.6) is 0 Å². The molecule has 0 spiro atoms. The van der Waals surface area contributed by atoms with Gasteiger partial charge in [0.15, 0.2) is 0 Å². The van der Waals surface area contributed by atoms with E-state index in [-0.39, 0.29) is 32.1 Å².